The van der Waals surface area contributed by atoms with Crippen LogP contribution in [-0.4, -0.2) is 62.3 Å². The predicted octanol–water partition coefficient (Wildman–Crippen LogP) is 5.42. The number of hydrogen-bond donors (Lipinski definition) is 0. The molecule has 4 atom stereocenters. The van der Waals surface area contributed by atoms with Gasteiger partial charge in [0.1, 0.15) is 6.61 Å². The maximum Gasteiger partial charge on any atom is 0.206 e. The lowest BCUT2D eigenvalue weighted by Crippen LogP contribution is -2.80. The molecular formula is C33H41NO5. The van der Waals surface area contributed by atoms with E-state index in [0.29, 0.717) is 19.3 Å². The van der Waals surface area contributed by atoms with E-state index >= 15 is 0 Å². The second kappa shape index (κ2) is 9.62. The van der Waals surface area contributed by atoms with Gasteiger partial charge >= 0.3 is 0 Å². The van der Waals surface area contributed by atoms with Gasteiger partial charge in [-0.1, -0.05) is 48.6 Å². The van der Waals surface area contributed by atoms with Crippen molar-refractivity contribution in [2.45, 2.75) is 81.0 Å². The van der Waals surface area contributed by atoms with Crippen molar-refractivity contribution < 1.29 is 23.7 Å². The molecule has 0 radical (unpaired) electrons. The number of benzene rings is 2. The van der Waals surface area contributed by atoms with Crippen LogP contribution in [0, 0.1) is 5.92 Å². The average Bonchev–Trinajstić information content (AvgIpc) is 3.72. The fourth-order valence-corrected chi connectivity index (χ4v) is 8.34. The average molecular weight is 532 g/mol. The van der Waals surface area contributed by atoms with E-state index in [1.807, 2.05) is 18.2 Å². The Hall–Kier alpha value is -2.38. The summed E-state index contributed by atoms with van der Waals surface area (Å²) >= 11 is 0. The lowest BCUT2D eigenvalue weighted by atomic mass is 9.48. The first-order valence-electron chi connectivity index (χ1n) is 14.7. The molecule has 2 aliphatic heterocycles. The van der Waals surface area contributed by atoms with Crippen LogP contribution in [0.4, 0.5) is 0 Å². The van der Waals surface area contributed by atoms with Crippen LogP contribution in [0.5, 0.6) is 11.5 Å². The van der Waals surface area contributed by atoms with Gasteiger partial charge in [0, 0.05) is 38.8 Å². The van der Waals surface area contributed by atoms with Crippen LogP contribution in [0.25, 0.3) is 0 Å². The summed E-state index contributed by atoms with van der Waals surface area (Å²) in [6, 6.07) is 15.0. The topological polar surface area (TPSA) is 49.4 Å². The molecule has 2 saturated carbocycles. The fourth-order valence-electron chi connectivity index (χ4n) is 8.34. The van der Waals surface area contributed by atoms with Gasteiger partial charge in [-0.2, -0.15) is 0 Å². The lowest BCUT2D eigenvalue weighted by Gasteiger charge is -2.67. The van der Waals surface area contributed by atoms with Crippen molar-refractivity contribution in [1.82, 2.24) is 4.90 Å². The van der Waals surface area contributed by atoms with Crippen LogP contribution in [0.1, 0.15) is 55.7 Å². The zero-order chi connectivity index (χ0) is 26.7. The largest absolute Gasteiger partial charge is 0.485 e. The van der Waals surface area contributed by atoms with Crippen molar-refractivity contribution in [3.63, 3.8) is 0 Å². The van der Waals surface area contributed by atoms with Crippen LogP contribution in [0.15, 0.2) is 54.6 Å². The number of nitrogens with zero attached hydrogens (tertiary/aromatic N) is 1. The van der Waals surface area contributed by atoms with Crippen molar-refractivity contribution in [2.75, 3.05) is 33.9 Å². The van der Waals surface area contributed by atoms with E-state index in [1.54, 1.807) is 14.2 Å². The van der Waals surface area contributed by atoms with Gasteiger partial charge in [-0.05, 0) is 68.7 Å². The molecule has 6 heteroatoms. The molecule has 3 aliphatic carbocycles. The molecule has 7 rings (SSSR count). The molecule has 2 aromatic carbocycles. The molecule has 6 nitrogen and oxygen atoms in total. The van der Waals surface area contributed by atoms with Crippen LogP contribution >= 0.6 is 0 Å². The van der Waals surface area contributed by atoms with Crippen molar-refractivity contribution in [2.24, 2.45) is 5.92 Å². The molecule has 2 bridgehead atoms. The predicted molar refractivity (Wildman–Crippen MR) is 149 cm³/mol. The minimum atomic E-state index is -0.846. The van der Waals surface area contributed by atoms with Gasteiger partial charge in [-0.3, -0.25) is 4.90 Å². The van der Waals surface area contributed by atoms with Gasteiger partial charge in [0.15, 0.2) is 17.6 Å². The van der Waals surface area contributed by atoms with Gasteiger partial charge in [0.2, 0.25) is 5.79 Å². The Balaban J connectivity index is 1.37. The zero-order valence-corrected chi connectivity index (χ0v) is 23.5. The Morgan fingerprint density at radius 3 is 2.59 bits per heavy atom. The van der Waals surface area contributed by atoms with E-state index in [0.717, 1.165) is 55.2 Å². The summed E-state index contributed by atoms with van der Waals surface area (Å²) in [5, 5.41) is 0. The number of rotatable bonds is 10. The Bertz CT molecular complexity index is 1240. The molecule has 208 valence electrons. The summed E-state index contributed by atoms with van der Waals surface area (Å²) in [5.41, 5.74) is 3.01. The highest BCUT2D eigenvalue weighted by Gasteiger charge is 2.77. The van der Waals surface area contributed by atoms with Gasteiger partial charge < -0.3 is 23.7 Å². The minimum Gasteiger partial charge on any atom is -0.485 e. The van der Waals surface area contributed by atoms with Gasteiger partial charge in [0.25, 0.3) is 0 Å². The summed E-state index contributed by atoms with van der Waals surface area (Å²) < 4.78 is 33.2. The number of likely N-dealkylation sites (tertiary alicyclic amines) is 1. The molecule has 1 saturated heterocycles. The normalized spacial score (nSPS) is 32.2. The third kappa shape index (κ3) is 3.68. The van der Waals surface area contributed by atoms with E-state index in [9.17, 15) is 0 Å². The molecule has 0 aromatic heterocycles. The highest BCUT2D eigenvalue weighted by atomic mass is 16.7. The Kier molecular flexibility index (Phi) is 6.31. The molecule has 0 N–H and O–H groups in total. The van der Waals surface area contributed by atoms with Gasteiger partial charge in [0.05, 0.1) is 17.6 Å². The van der Waals surface area contributed by atoms with Crippen LogP contribution in [0.2, 0.25) is 0 Å². The summed E-state index contributed by atoms with van der Waals surface area (Å²) in [6.07, 6.45) is 10.1. The Morgan fingerprint density at radius 2 is 1.85 bits per heavy atom. The highest BCUT2D eigenvalue weighted by Crippen LogP contribution is 2.69. The van der Waals surface area contributed by atoms with Crippen LogP contribution in [0.3, 0.4) is 0 Å². The second-order valence-electron chi connectivity index (χ2n) is 12.1. The zero-order valence-electron chi connectivity index (χ0n) is 23.5. The molecule has 5 aliphatic rings. The third-order valence-electron chi connectivity index (χ3n) is 10.3. The molecular weight excluding hydrogens is 490 g/mol. The monoisotopic (exact) mass is 531 g/mol. The smallest absolute Gasteiger partial charge is 0.206 e. The van der Waals surface area contributed by atoms with E-state index in [2.05, 4.69) is 48.2 Å². The number of allylic oxidation sites excluding steroid dienone is 1. The van der Waals surface area contributed by atoms with Crippen molar-refractivity contribution in [1.29, 1.82) is 0 Å². The summed E-state index contributed by atoms with van der Waals surface area (Å²) in [4.78, 5) is 2.75. The Labute approximate surface area is 232 Å². The molecule has 0 unspecified atom stereocenters. The maximum atomic E-state index is 7.16. The molecule has 2 heterocycles. The quantitative estimate of drug-likeness (QED) is 0.302. The maximum absolute atomic E-state index is 7.16. The highest BCUT2D eigenvalue weighted by molar-refractivity contribution is 5.63. The molecule has 1 spiro atoms. The molecule has 0 amide bonds. The van der Waals surface area contributed by atoms with Gasteiger partial charge in [-0.15, -0.1) is 0 Å². The van der Waals surface area contributed by atoms with E-state index in [4.69, 9.17) is 23.7 Å². The number of piperidine rings is 1. The first-order chi connectivity index (χ1) is 19.1. The van der Waals surface area contributed by atoms with Crippen molar-refractivity contribution >= 4 is 0 Å². The Morgan fingerprint density at radius 1 is 1.03 bits per heavy atom. The summed E-state index contributed by atoms with van der Waals surface area (Å²) in [5.74, 6) is 1.64. The first-order valence-corrected chi connectivity index (χ1v) is 14.7. The first kappa shape index (κ1) is 25.6. The van der Waals surface area contributed by atoms with Crippen LogP contribution in [-0.2, 0) is 32.7 Å². The summed E-state index contributed by atoms with van der Waals surface area (Å²) in [6.45, 7) is 5.36. The number of hydrogen-bond acceptors (Lipinski definition) is 6. The second-order valence-corrected chi connectivity index (χ2v) is 12.1. The van der Waals surface area contributed by atoms with Gasteiger partial charge in [-0.25, -0.2) is 0 Å². The standard InChI is InChI=1S/C33H41NO5/c1-4-5-19-38-32-15-16-33(35-2,36-3)30-31(32)17-18-34(21-23-11-12-23)27(32)20-25-13-14-26(29(39-30)28(25)31)37-22-24-9-7-6-8-10-24/h4-10,13-14,23,27,30H,11-12,15-22H2,1-3H3/b5-4+/t27-,30-,31+,32-/m1/s1. The number of methoxy groups -OCH3 is 2. The molecule has 39 heavy (non-hydrogen) atoms. The molecule has 3 fully saturated rings. The summed E-state index contributed by atoms with van der Waals surface area (Å²) in [7, 11) is 3.52. The van der Waals surface area contributed by atoms with E-state index in [-0.39, 0.29) is 17.1 Å². The number of ether oxygens (including phenoxy) is 5. The SMILES string of the molecule is C/C=C/CO[C@@]12CCC(OC)(OC)[C@@H]3Oc4c(OCc5ccccc5)ccc5c4[C@@]31CCN(CC1CC1)[C@@H]2C5. The van der Waals surface area contributed by atoms with Crippen LogP contribution < -0.4 is 9.47 Å². The van der Waals surface area contributed by atoms with E-state index in [1.165, 1.54) is 30.5 Å². The minimum absolute atomic E-state index is 0.296. The van der Waals surface area contributed by atoms with E-state index < -0.39 is 5.79 Å². The fraction of sp³-hybridized carbons (Fsp3) is 0.576. The lowest BCUT2D eigenvalue weighted by molar-refractivity contribution is -0.325. The molecule has 2 aromatic rings. The van der Waals surface area contributed by atoms with Crippen molar-refractivity contribution in [3.8, 4) is 11.5 Å². The van der Waals surface area contributed by atoms with Crippen molar-refractivity contribution in [3.05, 3.63) is 71.3 Å². The third-order valence-corrected chi connectivity index (χ3v) is 10.3.